The number of ether oxygens (including phenoxy) is 1. The number of carbonyl (C=O) groups is 1. The lowest BCUT2D eigenvalue weighted by Crippen LogP contribution is -2.36. The Morgan fingerprint density at radius 1 is 1.07 bits per heavy atom. The quantitative estimate of drug-likeness (QED) is 0.614. The molecule has 142 valence electrons. The summed E-state index contributed by atoms with van der Waals surface area (Å²) in [6.45, 7) is 0.231. The molecular formula is C18H17F3N4O2. The monoisotopic (exact) mass is 378 g/mol. The van der Waals surface area contributed by atoms with Gasteiger partial charge in [-0.2, -0.15) is 0 Å². The molecule has 0 bridgehead atoms. The summed E-state index contributed by atoms with van der Waals surface area (Å²) in [4.78, 5) is 19.4. The van der Waals surface area contributed by atoms with Crippen LogP contribution < -0.4 is 15.4 Å². The van der Waals surface area contributed by atoms with Crippen molar-refractivity contribution in [2.45, 2.75) is 19.3 Å². The molecule has 1 heterocycles. The summed E-state index contributed by atoms with van der Waals surface area (Å²) in [6, 6.07) is 12.7. The number of nitrogens with one attached hydrogen (secondary N) is 3. The SMILES string of the molecule is O=C(NCCc1nc2ccccc2[nH]1)NCc1ccccc1OC(F)(F)F. The fraction of sp³-hybridized carbons (Fsp3) is 0.222. The van der Waals surface area contributed by atoms with Gasteiger partial charge >= 0.3 is 12.4 Å². The molecule has 1 aromatic heterocycles. The fourth-order valence-corrected chi connectivity index (χ4v) is 2.53. The number of aromatic nitrogens is 2. The van der Waals surface area contributed by atoms with E-state index in [2.05, 4.69) is 25.3 Å². The van der Waals surface area contributed by atoms with Crippen LogP contribution in [0, 0.1) is 0 Å². The number of benzene rings is 2. The summed E-state index contributed by atoms with van der Waals surface area (Å²) in [5.74, 6) is 0.396. The van der Waals surface area contributed by atoms with Crippen molar-refractivity contribution in [3.8, 4) is 5.75 Å². The second kappa shape index (κ2) is 7.98. The maximum Gasteiger partial charge on any atom is 0.573 e. The molecule has 6 nitrogen and oxygen atoms in total. The maximum absolute atomic E-state index is 12.4. The number of rotatable bonds is 6. The van der Waals surface area contributed by atoms with E-state index in [-0.39, 0.29) is 17.9 Å². The predicted molar refractivity (Wildman–Crippen MR) is 93.2 cm³/mol. The number of para-hydroxylation sites is 3. The fourth-order valence-electron chi connectivity index (χ4n) is 2.53. The van der Waals surface area contributed by atoms with Gasteiger partial charge < -0.3 is 20.4 Å². The normalized spacial score (nSPS) is 11.4. The second-order valence-electron chi connectivity index (χ2n) is 5.72. The van der Waals surface area contributed by atoms with E-state index in [0.717, 1.165) is 16.9 Å². The molecule has 0 aliphatic carbocycles. The zero-order valence-corrected chi connectivity index (χ0v) is 14.1. The minimum absolute atomic E-state index is 0.0945. The van der Waals surface area contributed by atoms with E-state index in [1.54, 1.807) is 6.07 Å². The van der Waals surface area contributed by atoms with Gasteiger partial charge in [0.1, 0.15) is 11.6 Å². The Balaban J connectivity index is 1.47. The first-order chi connectivity index (χ1) is 12.9. The van der Waals surface area contributed by atoms with E-state index in [4.69, 9.17) is 0 Å². The molecule has 2 aromatic carbocycles. The minimum atomic E-state index is -4.79. The first-order valence-electron chi connectivity index (χ1n) is 8.20. The highest BCUT2D eigenvalue weighted by Crippen LogP contribution is 2.26. The Morgan fingerprint density at radius 3 is 2.59 bits per heavy atom. The molecule has 3 N–H and O–H groups in total. The van der Waals surface area contributed by atoms with Gasteiger partial charge in [-0.05, 0) is 18.2 Å². The summed E-state index contributed by atoms with van der Waals surface area (Å²) < 4.78 is 41.1. The molecule has 0 atom stereocenters. The van der Waals surface area contributed by atoms with E-state index < -0.39 is 12.4 Å². The molecular weight excluding hydrogens is 361 g/mol. The largest absolute Gasteiger partial charge is 0.573 e. The average molecular weight is 378 g/mol. The molecule has 0 unspecified atom stereocenters. The third kappa shape index (κ3) is 5.37. The number of nitrogens with zero attached hydrogens (tertiary/aromatic N) is 1. The van der Waals surface area contributed by atoms with Gasteiger partial charge in [-0.3, -0.25) is 0 Å². The summed E-state index contributed by atoms with van der Waals surface area (Å²) in [6.07, 6.45) is -4.29. The van der Waals surface area contributed by atoms with Crippen LogP contribution in [0.4, 0.5) is 18.0 Å². The lowest BCUT2D eigenvalue weighted by Gasteiger charge is -2.13. The van der Waals surface area contributed by atoms with Crippen molar-refractivity contribution in [1.82, 2.24) is 20.6 Å². The first kappa shape index (κ1) is 18.6. The lowest BCUT2D eigenvalue weighted by atomic mass is 10.2. The summed E-state index contributed by atoms with van der Waals surface area (Å²) in [7, 11) is 0. The Morgan fingerprint density at radius 2 is 1.81 bits per heavy atom. The van der Waals surface area contributed by atoms with Crippen molar-refractivity contribution in [2.75, 3.05) is 6.54 Å². The van der Waals surface area contributed by atoms with E-state index in [9.17, 15) is 18.0 Å². The topological polar surface area (TPSA) is 79.0 Å². The van der Waals surface area contributed by atoms with Gasteiger partial charge in [0.25, 0.3) is 0 Å². The highest BCUT2D eigenvalue weighted by molar-refractivity contribution is 5.75. The van der Waals surface area contributed by atoms with Gasteiger partial charge in [-0.25, -0.2) is 9.78 Å². The number of urea groups is 1. The summed E-state index contributed by atoms with van der Waals surface area (Å²) in [5, 5.41) is 5.15. The standard InChI is InChI=1S/C18H17F3N4O2/c19-18(20,21)27-15-8-4-1-5-12(15)11-23-17(26)22-10-9-16-24-13-6-2-3-7-14(13)25-16/h1-8H,9-11H2,(H,24,25)(H2,22,23,26). The summed E-state index contributed by atoms with van der Waals surface area (Å²) >= 11 is 0. The van der Waals surface area contributed by atoms with Crippen molar-refractivity contribution in [3.63, 3.8) is 0 Å². The number of halogens is 3. The molecule has 2 amide bonds. The van der Waals surface area contributed by atoms with Crippen molar-refractivity contribution < 1.29 is 22.7 Å². The number of carbonyl (C=O) groups excluding carboxylic acids is 1. The molecule has 0 saturated carbocycles. The van der Waals surface area contributed by atoms with Crippen molar-refractivity contribution in [3.05, 3.63) is 59.9 Å². The number of hydrogen-bond acceptors (Lipinski definition) is 3. The Bertz CT molecular complexity index is 891. The number of fused-ring (bicyclic) bond motifs is 1. The van der Waals surface area contributed by atoms with Crippen LogP contribution in [0.3, 0.4) is 0 Å². The van der Waals surface area contributed by atoms with Crippen molar-refractivity contribution in [1.29, 1.82) is 0 Å². The van der Waals surface area contributed by atoms with Crippen LogP contribution in [-0.4, -0.2) is 28.9 Å². The van der Waals surface area contributed by atoms with E-state index in [0.29, 0.717) is 13.0 Å². The van der Waals surface area contributed by atoms with Gasteiger partial charge in [0.05, 0.1) is 11.0 Å². The van der Waals surface area contributed by atoms with Crippen LogP contribution in [0.25, 0.3) is 11.0 Å². The number of amides is 2. The Labute approximate surface area is 152 Å². The predicted octanol–water partition coefficient (Wildman–Crippen LogP) is 3.50. The first-order valence-corrected chi connectivity index (χ1v) is 8.20. The minimum Gasteiger partial charge on any atom is -0.405 e. The van der Waals surface area contributed by atoms with Crippen molar-refractivity contribution in [2.24, 2.45) is 0 Å². The van der Waals surface area contributed by atoms with Crippen LogP contribution in [0.2, 0.25) is 0 Å². The smallest absolute Gasteiger partial charge is 0.405 e. The van der Waals surface area contributed by atoms with Crippen LogP contribution in [-0.2, 0) is 13.0 Å². The number of aromatic amines is 1. The van der Waals surface area contributed by atoms with Gasteiger partial charge in [-0.1, -0.05) is 30.3 Å². The molecule has 9 heteroatoms. The zero-order chi connectivity index (χ0) is 19.3. The van der Waals surface area contributed by atoms with Crippen molar-refractivity contribution >= 4 is 17.1 Å². The van der Waals surface area contributed by atoms with Gasteiger partial charge in [-0.15, -0.1) is 13.2 Å². The molecule has 3 aromatic rings. The number of alkyl halides is 3. The average Bonchev–Trinajstić information content (AvgIpc) is 3.02. The molecule has 0 aliphatic heterocycles. The number of H-pyrrole nitrogens is 1. The Kier molecular flexibility index (Phi) is 5.49. The third-order valence-corrected chi connectivity index (χ3v) is 3.72. The molecule has 0 radical (unpaired) electrons. The van der Waals surface area contributed by atoms with Crippen LogP contribution in [0.15, 0.2) is 48.5 Å². The maximum atomic E-state index is 12.4. The molecule has 3 rings (SSSR count). The third-order valence-electron chi connectivity index (χ3n) is 3.72. The zero-order valence-electron chi connectivity index (χ0n) is 14.1. The summed E-state index contributed by atoms with van der Waals surface area (Å²) in [5.41, 5.74) is 1.98. The molecule has 0 saturated heterocycles. The highest BCUT2D eigenvalue weighted by Gasteiger charge is 2.31. The van der Waals surface area contributed by atoms with E-state index >= 15 is 0 Å². The lowest BCUT2D eigenvalue weighted by molar-refractivity contribution is -0.274. The van der Waals surface area contributed by atoms with Crippen LogP contribution in [0.5, 0.6) is 5.75 Å². The van der Waals surface area contributed by atoms with E-state index in [1.807, 2.05) is 24.3 Å². The molecule has 27 heavy (non-hydrogen) atoms. The number of imidazole rings is 1. The second-order valence-corrected chi connectivity index (χ2v) is 5.72. The molecule has 0 aliphatic rings. The highest BCUT2D eigenvalue weighted by atomic mass is 19.4. The Hall–Kier alpha value is -3.23. The van der Waals surface area contributed by atoms with Gasteiger partial charge in [0.2, 0.25) is 0 Å². The van der Waals surface area contributed by atoms with Crippen LogP contribution >= 0.6 is 0 Å². The van der Waals surface area contributed by atoms with E-state index in [1.165, 1.54) is 18.2 Å². The van der Waals surface area contributed by atoms with Gasteiger partial charge in [0.15, 0.2) is 0 Å². The molecule has 0 spiro atoms. The number of hydrogen-bond donors (Lipinski definition) is 3. The molecule has 0 fully saturated rings. The van der Waals surface area contributed by atoms with Crippen LogP contribution in [0.1, 0.15) is 11.4 Å². The van der Waals surface area contributed by atoms with Gasteiger partial charge in [0, 0.05) is 25.1 Å².